The maximum absolute atomic E-state index is 12.6. The molecule has 2 aliphatic rings. The van der Waals surface area contributed by atoms with Crippen LogP contribution in [0.1, 0.15) is 6.42 Å². The van der Waals surface area contributed by atoms with Crippen molar-refractivity contribution < 1.29 is 14.7 Å². The number of hydrogen-bond acceptors (Lipinski definition) is 2. The Morgan fingerprint density at radius 3 is 2.41 bits per heavy atom. The van der Waals surface area contributed by atoms with Crippen molar-refractivity contribution in [2.75, 3.05) is 5.32 Å². The van der Waals surface area contributed by atoms with E-state index < -0.39 is 17.8 Å². The molecule has 0 saturated heterocycles. The van der Waals surface area contributed by atoms with Gasteiger partial charge in [0, 0.05) is 20.4 Å². The number of halogens is 3. The Labute approximate surface area is 149 Å². The molecular weight excluding hydrogens is 437 g/mol. The van der Waals surface area contributed by atoms with Gasteiger partial charge in [-0.3, -0.25) is 9.59 Å². The molecule has 1 aromatic rings. The van der Waals surface area contributed by atoms with Crippen LogP contribution in [0.25, 0.3) is 0 Å². The fourth-order valence-corrected chi connectivity index (χ4v) is 5.82. The van der Waals surface area contributed by atoms with Gasteiger partial charge in [0.2, 0.25) is 5.91 Å². The molecule has 6 atom stereocenters. The summed E-state index contributed by atoms with van der Waals surface area (Å²) in [6.07, 6.45) is 0.746. The van der Waals surface area contributed by atoms with Gasteiger partial charge in [-0.1, -0.05) is 49.5 Å². The van der Waals surface area contributed by atoms with Crippen LogP contribution in [0.5, 0.6) is 0 Å². The number of carboxylic acid groups (broad SMARTS) is 1. The molecule has 0 aliphatic heterocycles. The third kappa shape index (κ3) is 2.69. The summed E-state index contributed by atoms with van der Waals surface area (Å²) in [6.45, 7) is 0. The van der Waals surface area contributed by atoms with Gasteiger partial charge in [0.1, 0.15) is 0 Å². The van der Waals surface area contributed by atoms with E-state index in [1.807, 2.05) is 0 Å². The minimum atomic E-state index is -0.900. The smallest absolute Gasteiger partial charge is 0.307 e. The van der Waals surface area contributed by atoms with Crippen molar-refractivity contribution in [1.82, 2.24) is 0 Å². The topological polar surface area (TPSA) is 66.4 Å². The van der Waals surface area contributed by atoms with E-state index in [-0.39, 0.29) is 27.4 Å². The molecule has 2 N–H and O–H groups in total. The number of amides is 1. The minimum absolute atomic E-state index is 0.0228. The molecular formula is C15H14Br2ClNO3. The highest BCUT2D eigenvalue weighted by Crippen LogP contribution is 2.57. The Kier molecular flexibility index (Phi) is 4.54. The van der Waals surface area contributed by atoms with E-state index in [2.05, 4.69) is 37.2 Å². The zero-order chi connectivity index (χ0) is 16.0. The fourth-order valence-electron chi connectivity index (χ4n) is 3.75. The number of carbonyl (C=O) groups excluding carboxylic acids is 1. The van der Waals surface area contributed by atoms with Gasteiger partial charge in [-0.05, 0) is 36.5 Å². The van der Waals surface area contributed by atoms with Crippen LogP contribution in [0.3, 0.4) is 0 Å². The third-order valence-corrected chi connectivity index (χ3v) is 8.10. The molecule has 2 saturated carbocycles. The van der Waals surface area contributed by atoms with Crippen molar-refractivity contribution in [3.8, 4) is 0 Å². The lowest BCUT2D eigenvalue weighted by Gasteiger charge is -2.33. The molecule has 4 nitrogen and oxygen atoms in total. The first-order chi connectivity index (χ1) is 10.4. The van der Waals surface area contributed by atoms with Crippen LogP contribution >= 0.6 is 43.5 Å². The second-order valence-electron chi connectivity index (χ2n) is 5.84. The molecule has 118 valence electrons. The van der Waals surface area contributed by atoms with Gasteiger partial charge in [-0.2, -0.15) is 0 Å². The molecule has 0 unspecified atom stereocenters. The third-order valence-electron chi connectivity index (χ3n) is 4.66. The molecule has 2 bridgehead atoms. The molecule has 0 radical (unpaired) electrons. The van der Waals surface area contributed by atoms with E-state index in [0.29, 0.717) is 10.7 Å². The van der Waals surface area contributed by atoms with Gasteiger partial charge in [-0.15, -0.1) is 0 Å². The number of nitrogens with one attached hydrogen (secondary N) is 1. The van der Waals surface area contributed by atoms with Gasteiger partial charge in [-0.25, -0.2) is 0 Å². The number of carbonyl (C=O) groups is 2. The summed E-state index contributed by atoms with van der Waals surface area (Å²) in [5.74, 6) is -2.33. The Bertz CT molecular complexity index is 627. The minimum Gasteiger partial charge on any atom is -0.481 e. The number of hydrogen-bond donors (Lipinski definition) is 2. The summed E-state index contributed by atoms with van der Waals surface area (Å²) >= 11 is 13.1. The highest BCUT2D eigenvalue weighted by molar-refractivity contribution is 9.12. The normalized spacial score (nSPS) is 36.3. The van der Waals surface area contributed by atoms with Crippen LogP contribution in [0.2, 0.25) is 5.02 Å². The Morgan fingerprint density at radius 1 is 1.18 bits per heavy atom. The van der Waals surface area contributed by atoms with Gasteiger partial charge in [0.05, 0.1) is 11.8 Å². The van der Waals surface area contributed by atoms with Crippen LogP contribution in [0.4, 0.5) is 5.69 Å². The molecule has 0 spiro atoms. The molecule has 7 heteroatoms. The summed E-state index contributed by atoms with van der Waals surface area (Å²) in [4.78, 5) is 24.5. The first kappa shape index (κ1) is 16.3. The largest absolute Gasteiger partial charge is 0.481 e. The van der Waals surface area contributed by atoms with Crippen LogP contribution in [-0.4, -0.2) is 26.6 Å². The lowest BCUT2D eigenvalue weighted by molar-refractivity contribution is -0.148. The average molecular weight is 452 g/mol. The summed E-state index contributed by atoms with van der Waals surface area (Å²) in [5.41, 5.74) is 0.589. The van der Waals surface area contributed by atoms with Gasteiger partial charge >= 0.3 is 5.97 Å². The molecule has 22 heavy (non-hydrogen) atoms. The number of aliphatic carboxylic acids is 1. The van der Waals surface area contributed by atoms with Crippen molar-refractivity contribution in [2.24, 2.45) is 23.7 Å². The molecule has 1 amide bonds. The predicted octanol–water partition coefficient (Wildman–Crippen LogP) is 3.77. The molecule has 0 aromatic heterocycles. The highest BCUT2D eigenvalue weighted by atomic mass is 79.9. The van der Waals surface area contributed by atoms with Gasteiger partial charge in [0.25, 0.3) is 0 Å². The SMILES string of the molecule is O=C(Nc1cccc(Cl)c1)[C@@H]1[C@@H]2C[C@@H]([C@H](Br)[C@@H]2Br)[C@@H]1C(=O)O. The summed E-state index contributed by atoms with van der Waals surface area (Å²) in [6, 6.07) is 6.86. The van der Waals surface area contributed by atoms with E-state index >= 15 is 0 Å². The first-order valence-electron chi connectivity index (χ1n) is 6.97. The van der Waals surface area contributed by atoms with Crippen LogP contribution in [0, 0.1) is 23.7 Å². The van der Waals surface area contributed by atoms with E-state index in [1.165, 1.54) is 0 Å². The molecule has 3 rings (SSSR count). The van der Waals surface area contributed by atoms with Gasteiger partial charge in [0.15, 0.2) is 0 Å². The quantitative estimate of drug-likeness (QED) is 0.688. The van der Waals surface area contributed by atoms with Crippen LogP contribution in [0.15, 0.2) is 24.3 Å². The average Bonchev–Trinajstić information content (AvgIpc) is 2.97. The fraction of sp³-hybridized carbons (Fsp3) is 0.467. The number of anilines is 1. The number of rotatable bonds is 3. The van der Waals surface area contributed by atoms with E-state index in [4.69, 9.17) is 11.6 Å². The molecule has 1 aromatic carbocycles. The number of fused-ring (bicyclic) bond motifs is 2. The van der Waals surface area contributed by atoms with Crippen molar-refractivity contribution in [2.45, 2.75) is 16.1 Å². The van der Waals surface area contributed by atoms with E-state index in [9.17, 15) is 14.7 Å². The Morgan fingerprint density at radius 2 is 1.82 bits per heavy atom. The predicted molar refractivity (Wildman–Crippen MR) is 91.7 cm³/mol. The molecule has 0 heterocycles. The highest BCUT2D eigenvalue weighted by Gasteiger charge is 2.61. The van der Waals surface area contributed by atoms with Crippen LogP contribution < -0.4 is 5.32 Å². The Hall–Kier alpha value is -0.590. The summed E-state index contributed by atoms with van der Waals surface area (Å²) < 4.78 is 0. The van der Waals surface area contributed by atoms with Crippen molar-refractivity contribution in [3.05, 3.63) is 29.3 Å². The standard InChI is InChI=1S/C15H14Br2ClNO3/c16-12-8-5-9(13(12)17)11(15(21)22)10(8)14(20)19-7-3-1-2-6(18)4-7/h1-4,8-13H,5H2,(H,19,20)(H,21,22)/t8-,9+,10+,11-,12+,13-/m0/s1. The summed E-state index contributed by atoms with van der Waals surface area (Å²) in [7, 11) is 0. The van der Waals surface area contributed by atoms with Gasteiger partial charge < -0.3 is 10.4 Å². The molecule has 2 aliphatic carbocycles. The first-order valence-corrected chi connectivity index (χ1v) is 9.18. The maximum Gasteiger partial charge on any atom is 0.307 e. The van der Waals surface area contributed by atoms with Crippen molar-refractivity contribution in [1.29, 1.82) is 0 Å². The summed E-state index contributed by atoms with van der Waals surface area (Å²) in [5, 5.41) is 12.9. The van der Waals surface area contributed by atoms with Crippen molar-refractivity contribution in [3.63, 3.8) is 0 Å². The second-order valence-corrected chi connectivity index (χ2v) is 8.39. The molecule has 2 fully saturated rings. The lowest BCUT2D eigenvalue weighted by atomic mass is 9.78. The lowest BCUT2D eigenvalue weighted by Crippen LogP contribution is -2.45. The van der Waals surface area contributed by atoms with E-state index in [1.54, 1.807) is 24.3 Å². The Balaban J connectivity index is 1.83. The zero-order valence-electron chi connectivity index (χ0n) is 11.4. The van der Waals surface area contributed by atoms with E-state index in [0.717, 1.165) is 6.42 Å². The zero-order valence-corrected chi connectivity index (χ0v) is 15.3. The monoisotopic (exact) mass is 449 g/mol. The number of alkyl halides is 2. The van der Waals surface area contributed by atoms with Crippen molar-refractivity contribution >= 4 is 61.0 Å². The maximum atomic E-state index is 12.6. The number of benzene rings is 1. The van der Waals surface area contributed by atoms with Crippen LogP contribution in [-0.2, 0) is 9.59 Å². The number of carboxylic acids is 1. The second kappa shape index (κ2) is 6.13.